The van der Waals surface area contributed by atoms with E-state index in [1.807, 2.05) is 0 Å². The van der Waals surface area contributed by atoms with Crippen LogP contribution in [0, 0.1) is 18.3 Å². The zero-order valence-electron chi connectivity index (χ0n) is 12.5. The molecule has 2 N–H and O–H groups in total. The quantitative estimate of drug-likeness (QED) is 0.593. The summed E-state index contributed by atoms with van der Waals surface area (Å²) in [6, 6.07) is 2.55. The fourth-order valence-electron chi connectivity index (χ4n) is 2.13. The molecular weight excluding hydrogens is 410 g/mol. The molecule has 0 saturated carbocycles. The van der Waals surface area contributed by atoms with Crippen molar-refractivity contribution in [2.24, 2.45) is 0 Å². The van der Waals surface area contributed by atoms with Gasteiger partial charge in [-0.15, -0.1) is 18.3 Å². The number of halogens is 7. The number of benzene rings is 1. The number of anilines is 1. The predicted octanol–water partition coefficient (Wildman–Crippen LogP) is 3.93. The number of hydrogen-bond acceptors (Lipinski definition) is 4. The van der Waals surface area contributed by atoms with Gasteiger partial charge < -0.3 is 10.3 Å². The molecule has 0 fully saturated rings. The Kier molecular flexibility index (Phi) is 5.10. The van der Waals surface area contributed by atoms with Gasteiger partial charge in [0.15, 0.2) is 5.82 Å². The first kappa shape index (κ1) is 20.2. The van der Waals surface area contributed by atoms with Crippen molar-refractivity contribution >= 4 is 28.6 Å². The number of nitriles is 1. The highest BCUT2D eigenvalue weighted by molar-refractivity contribution is 7.92. The lowest BCUT2D eigenvalue weighted by Crippen LogP contribution is -2.24. The molecule has 140 valence electrons. The maximum absolute atomic E-state index is 12.8. The molecule has 0 aliphatic heterocycles. The van der Waals surface area contributed by atoms with E-state index >= 15 is 0 Å². The maximum atomic E-state index is 12.8. The predicted molar refractivity (Wildman–Crippen MR) is 79.9 cm³/mol. The average molecular weight is 417 g/mol. The molecule has 0 aliphatic carbocycles. The van der Waals surface area contributed by atoms with E-state index in [1.165, 1.54) is 13.0 Å². The second-order valence-electron chi connectivity index (χ2n) is 4.92. The molecule has 26 heavy (non-hydrogen) atoms. The van der Waals surface area contributed by atoms with Gasteiger partial charge in [-0.1, -0.05) is 11.6 Å². The minimum Gasteiger partial charge on any atom is -0.604 e. The van der Waals surface area contributed by atoms with Gasteiger partial charge in [-0.2, -0.15) is 18.4 Å². The van der Waals surface area contributed by atoms with Crippen LogP contribution in [-0.4, -0.2) is 19.8 Å². The van der Waals surface area contributed by atoms with Crippen LogP contribution >= 0.6 is 11.6 Å². The summed E-state index contributed by atoms with van der Waals surface area (Å²) in [4.78, 5) is -1.09. The second kappa shape index (κ2) is 6.57. The number of nitrogens with two attached hydrogens (primary N) is 1. The number of aromatic nitrogens is 2. The van der Waals surface area contributed by atoms with Gasteiger partial charge in [-0.3, -0.25) is 0 Å². The van der Waals surface area contributed by atoms with Crippen LogP contribution in [0.1, 0.15) is 16.8 Å². The molecule has 1 aromatic carbocycles. The van der Waals surface area contributed by atoms with Crippen molar-refractivity contribution < 1.29 is 30.9 Å². The number of alkyl halides is 6. The molecule has 0 aliphatic rings. The smallest absolute Gasteiger partial charge is 0.578 e. The third-order valence-electron chi connectivity index (χ3n) is 3.17. The summed E-state index contributed by atoms with van der Waals surface area (Å²) in [5.41, 5.74) is -2.02. The lowest BCUT2D eigenvalue weighted by atomic mass is 10.1. The van der Waals surface area contributed by atoms with Gasteiger partial charge in [0.05, 0.1) is 16.3 Å². The largest absolute Gasteiger partial charge is 0.604 e. The lowest BCUT2D eigenvalue weighted by molar-refractivity contribution is -0.137. The highest BCUT2D eigenvalue weighted by Crippen LogP contribution is 2.39. The van der Waals surface area contributed by atoms with E-state index in [2.05, 4.69) is 5.10 Å². The van der Waals surface area contributed by atoms with Crippen LogP contribution in [0.4, 0.5) is 32.2 Å². The summed E-state index contributed by atoms with van der Waals surface area (Å²) >= 11 is 2.16. The van der Waals surface area contributed by atoms with Crippen LogP contribution in [0.5, 0.6) is 0 Å². The molecule has 0 amide bonds. The monoisotopic (exact) mass is 416 g/mol. The molecule has 0 saturated heterocycles. The Balaban J connectivity index is 2.72. The molecule has 5 nitrogen and oxygen atoms in total. The van der Waals surface area contributed by atoms with Crippen LogP contribution in [0.3, 0.4) is 0 Å². The van der Waals surface area contributed by atoms with E-state index < -0.39 is 49.9 Å². The van der Waals surface area contributed by atoms with Gasteiger partial charge in [-0.05, 0) is 24.6 Å². The molecular formula is C13H7ClF6N4OS. The van der Waals surface area contributed by atoms with Crippen molar-refractivity contribution in [3.05, 3.63) is 34.0 Å². The SMILES string of the molecule is Cc1cc(C(F)(F)F)cc(Cl)c1-n1nc(C#N)c([S+]([O-])C(F)(F)F)c1N. The first-order valence-electron chi connectivity index (χ1n) is 6.44. The number of nitrogens with zero attached hydrogens (tertiary/aromatic N) is 3. The second-order valence-corrected chi connectivity index (χ2v) is 6.74. The Morgan fingerprint density at radius 3 is 2.27 bits per heavy atom. The van der Waals surface area contributed by atoms with E-state index in [0.29, 0.717) is 16.8 Å². The van der Waals surface area contributed by atoms with E-state index in [0.717, 1.165) is 0 Å². The fraction of sp³-hybridized carbons (Fsp3) is 0.231. The molecule has 0 radical (unpaired) electrons. The van der Waals surface area contributed by atoms with E-state index in [9.17, 15) is 30.9 Å². The maximum Gasteiger partial charge on any atom is 0.578 e. The van der Waals surface area contributed by atoms with Gasteiger partial charge in [-0.25, -0.2) is 4.68 Å². The highest BCUT2D eigenvalue weighted by atomic mass is 35.5. The van der Waals surface area contributed by atoms with Crippen LogP contribution in [0.2, 0.25) is 5.02 Å². The van der Waals surface area contributed by atoms with Crippen molar-refractivity contribution in [1.82, 2.24) is 9.78 Å². The lowest BCUT2D eigenvalue weighted by Gasteiger charge is -2.15. The Labute approximate surface area is 150 Å². The van der Waals surface area contributed by atoms with Crippen molar-refractivity contribution in [1.29, 1.82) is 5.26 Å². The van der Waals surface area contributed by atoms with Gasteiger partial charge in [0, 0.05) is 0 Å². The standard InChI is InChI=1S/C13H7ClF6N4OS/c1-5-2-6(12(15,16)17)3-7(14)9(5)24-11(22)10(8(4-21)23-24)26(25)13(18,19)20/h2-3H,22H2,1H3. The molecule has 1 unspecified atom stereocenters. The first-order chi connectivity index (χ1) is 11.8. The molecule has 1 atom stereocenters. The normalized spacial score (nSPS) is 13.5. The van der Waals surface area contributed by atoms with Gasteiger partial charge in [0.25, 0.3) is 0 Å². The van der Waals surface area contributed by atoms with E-state index in [1.54, 1.807) is 0 Å². The van der Waals surface area contributed by atoms with E-state index in [-0.39, 0.29) is 11.3 Å². The number of rotatable bonds is 2. The van der Waals surface area contributed by atoms with Crippen LogP contribution in [0.25, 0.3) is 5.69 Å². The molecule has 0 bridgehead atoms. The molecule has 2 aromatic rings. The molecule has 1 aromatic heterocycles. The minimum absolute atomic E-state index is 0.118. The summed E-state index contributed by atoms with van der Waals surface area (Å²) in [5, 5.41) is 11.9. The highest BCUT2D eigenvalue weighted by Gasteiger charge is 2.50. The Morgan fingerprint density at radius 2 is 1.85 bits per heavy atom. The molecule has 1 heterocycles. The van der Waals surface area contributed by atoms with Crippen molar-refractivity contribution in [3.8, 4) is 11.8 Å². The fourth-order valence-corrected chi connectivity index (χ4v) is 3.24. The van der Waals surface area contributed by atoms with Gasteiger partial charge >= 0.3 is 11.7 Å². The zero-order chi connectivity index (χ0) is 20.0. The third-order valence-corrected chi connectivity index (χ3v) is 4.65. The van der Waals surface area contributed by atoms with Crippen LogP contribution in [0.15, 0.2) is 17.0 Å². The Hall–Kier alpha value is -2.10. The summed E-state index contributed by atoms with van der Waals surface area (Å²) in [6.07, 6.45) is -4.71. The average Bonchev–Trinajstić information content (AvgIpc) is 2.80. The zero-order valence-corrected chi connectivity index (χ0v) is 14.1. The Bertz CT molecular complexity index is 879. The van der Waals surface area contributed by atoms with Crippen LogP contribution < -0.4 is 5.73 Å². The summed E-state index contributed by atoms with van der Waals surface area (Å²) < 4.78 is 88.8. The topological polar surface area (TPSA) is 90.7 Å². The van der Waals surface area contributed by atoms with Crippen LogP contribution in [-0.2, 0) is 17.4 Å². The Morgan fingerprint density at radius 1 is 1.27 bits per heavy atom. The molecule has 0 spiro atoms. The summed E-state index contributed by atoms with van der Waals surface area (Å²) in [7, 11) is 0. The minimum atomic E-state index is -5.22. The number of nitrogen functional groups attached to an aromatic ring is 1. The number of aryl methyl sites for hydroxylation is 1. The van der Waals surface area contributed by atoms with Crippen molar-refractivity contribution in [3.63, 3.8) is 0 Å². The van der Waals surface area contributed by atoms with Crippen molar-refractivity contribution in [2.75, 3.05) is 5.73 Å². The first-order valence-corrected chi connectivity index (χ1v) is 7.96. The summed E-state index contributed by atoms with van der Waals surface area (Å²) in [5.74, 6) is -0.818. The molecule has 2 rings (SSSR count). The van der Waals surface area contributed by atoms with Gasteiger partial charge in [0.2, 0.25) is 10.6 Å². The van der Waals surface area contributed by atoms with Crippen molar-refractivity contribution in [2.45, 2.75) is 23.5 Å². The molecule has 13 heteroatoms. The third kappa shape index (κ3) is 3.55. The number of hydrogen-bond donors (Lipinski definition) is 1. The summed E-state index contributed by atoms with van der Waals surface area (Å²) in [6.45, 7) is 1.20. The van der Waals surface area contributed by atoms with E-state index in [4.69, 9.17) is 22.6 Å². The van der Waals surface area contributed by atoms with Gasteiger partial charge in [0.1, 0.15) is 17.2 Å².